The highest BCUT2D eigenvalue weighted by molar-refractivity contribution is 7.80. The van der Waals surface area contributed by atoms with Gasteiger partial charge in [-0.15, -0.1) is 0 Å². The Hall–Kier alpha value is -0.700. The molecule has 0 unspecified atom stereocenters. The molecule has 48 valence electrons. The van der Waals surface area contributed by atoms with Gasteiger partial charge in [0.1, 0.15) is 4.99 Å². The fourth-order valence-electron chi connectivity index (χ4n) is 0.674. The van der Waals surface area contributed by atoms with Crippen molar-refractivity contribution >= 4 is 23.4 Å². The molecule has 0 aromatic heterocycles. The van der Waals surface area contributed by atoms with E-state index in [1.54, 1.807) is 6.21 Å². The fraction of sp³-hybridized carbons (Fsp3) is 0.333. The maximum atomic E-state index is 5.34. The molecule has 1 aliphatic rings. The second-order valence-electron chi connectivity index (χ2n) is 1.85. The number of nitrogens with two attached hydrogens (primary N) is 1. The van der Waals surface area contributed by atoms with Crippen molar-refractivity contribution in [3.63, 3.8) is 0 Å². The summed E-state index contributed by atoms with van der Waals surface area (Å²) in [6.07, 6.45) is 4.70. The second kappa shape index (κ2) is 2.73. The van der Waals surface area contributed by atoms with Gasteiger partial charge in [-0.25, -0.2) is 0 Å². The van der Waals surface area contributed by atoms with Crippen LogP contribution in [-0.2, 0) is 0 Å². The molecule has 2 N–H and O–H groups in total. The minimum atomic E-state index is 0.443. The number of hydrogen-bond donors (Lipinski definition) is 1. The van der Waals surface area contributed by atoms with Crippen LogP contribution < -0.4 is 5.73 Å². The zero-order valence-electron chi connectivity index (χ0n) is 5.00. The van der Waals surface area contributed by atoms with Crippen LogP contribution in [0.3, 0.4) is 0 Å². The molecular formula is C6H8N2S. The fourth-order valence-corrected chi connectivity index (χ4v) is 0.810. The molecule has 1 heterocycles. The Morgan fingerprint density at radius 2 is 2.56 bits per heavy atom. The normalized spacial score (nSPS) is 17.1. The van der Waals surface area contributed by atoms with E-state index >= 15 is 0 Å². The third-order valence-electron chi connectivity index (χ3n) is 1.14. The molecule has 0 aromatic rings. The summed E-state index contributed by atoms with van der Waals surface area (Å²) in [6, 6.07) is 0. The van der Waals surface area contributed by atoms with Crippen molar-refractivity contribution in [2.45, 2.75) is 6.42 Å². The lowest BCUT2D eigenvalue weighted by molar-refractivity contribution is 0.997. The van der Waals surface area contributed by atoms with E-state index in [-0.39, 0.29) is 0 Å². The Balaban J connectivity index is 2.69. The molecule has 0 fully saturated rings. The molecule has 2 nitrogen and oxygen atoms in total. The lowest BCUT2D eigenvalue weighted by atomic mass is 10.2. The topological polar surface area (TPSA) is 38.4 Å². The predicted octanol–water partition coefficient (Wildman–Crippen LogP) is 0.673. The predicted molar refractivity (Wildman–Crippen MR) is 42.8 cm³/mol. The number of rotatable bonds is 1. The highest BCUT2D eigenvalue weighted by atomic mass is 32.1. The van der Waals surface area contributed by atoms with Crippen LogP contribution in [0.2, 0.25) is 0 Å². The molecule has 0 amide bonds. The van der Waals surface area contributed by atoms with Crippen molar-refractivity contribution in [3.05, 3.63) is 11.6 Å². The van der Waals surface area contributed by atoms with Crippen LogP contribution in [0.5, 0.6) is 0 Å². The minimum absolute atomic E-state index is 0.443. The first-order chi connectivity index (χ1) is 4.30. The van der Waals surface area contributed by atoms with Crippen LogP contribution in [0, 0.1) is 0 Å². The van der Waals surface area contributed by atoms with Gasteiger partial charge in [-0.3, -0.25) is 4.99 Å². The summed E-state index contributed by atoms with van der Waals surface area (Å²) < 4.78 is 0. The number of hydrogen-bond acceptors (Lipinski definition) is 2. The number of thiocarbonyl (C=S) groups is 1. The Kier molecular flexibility index (Phi) is 1.95. The molecule has 0 spiro atoms. The summed E-state index contributed by atoms with van der Waals surface area (Å²) in [6.45, 7) is 0.867. The second-order valence-corrected chi connectivity index (χ2v) is 2.29. The Morgan fingerprint density at radius 1 is 1.78 bits per heavy atom. The average molecular weight is 140 g/mol. The maximum absolute atomic E-state index is 5.34. The molecule has 1 aliphatic heterocycles. The smallest absolute Gasteiger partial charge is 0.105 e. The van der Waals surface area contributed by atoms with Gasteiger partial charge < -0.3 is 5.73 Å². The van der Waals surface area contributed by atoms with Crippen molar-refractivity contribution in [2.24, 2.45) is 10.7 Å². The van der Waals surface area contributed by atoms with Gasteiger partial charge in [0, 0.05) is 18.3 Å². The lowest BCUT2D eigenvalue weighted by Crippen LogP contribution is -2.14. The molecular weight excluding hydrogens is 132 g/mol. The van der Waals surface area contributed by atoms with Crippen molar-refractivity contribution in [1.29, 1.82) is 0 Å². The van der Waals surface area contributed by atoms with E-state index in [2.05, 4.69) is 4.99 Å². The van der Waals surface area contributed by atoms with E-state index in [1.807, 2.05) is 6.08 Å². The summed E-state index contributed by atoms with van der Waals surface area (Å²) in [5.74, 6) is 0. The molecule has 1 rings (SSSR count). The van der Waals surface area contributed by atoms with Gasteiger partial charge in [0.15, 0.2) is 0 Å². The zero-order chi connectivity index (χ0) is 6.69. The van der Waals surface area contributed by atoms with Crippen LogP contribution in [0.25, 0.3) is 0 Å². The van der Waals surface area contributed by atoms with E-state index in [4.69, 9.17) is 18.0 Å². The van der Waals surface area contributed by atoms with Crippen molar-refractivity contribution < 1.29 is 0 Å². The molecule has 0 bridgehead atoms. The van der Waals surface area contributed by atoms with Crippen LogP contribution in [0.1, 0.15) is 6.42 Å². The molecule has 0 aliphatic carbocycles. The third kappa shape index (κ3) is 1.61. The van der Waals surface area contributed by atoms with Gasteiger partial charge in [0.2, 0.25) is 0 Å². The van der Waals surface area contributed by atoms with Gasteiger partial charge >= 0.3 is 0 Å². The number of nitrogens with zero attached hydrogens (tertiary/aromatic N) is 1. The molecule has 0 atom stereocenters. The van der Waals surface area contributed by atoms with Crippen LogP contribution in [0.4, 0.5) is 0 Å². The van der Waals surface area contributed by atoms with Crippen molar-refractivity contribution in [3.8, 4) is 0 Å². The van der Waals surface area contributed by atoms with Gasteiger partial charge in [0.05, 0.1) is 0 Å². The quantitative estimate of drug-likeness (QED) is 0.544. The number of aliphatic imine (C=N–C) groups is 1. The SMILES string of the molecule is NC(=S)C1=CCCN=C1. The third-order valence-corrected chi connectivity index (χ3v) is 1.37. The summed E-state index contributed by atoms with van der Waals surface area (Å²) in [7, 11) is 0. The summed E-state index contributed by atoms with van der Waals surface area (Å²) in [4.78, 5) is 4.46. The van der Waals surface area contributed by atoms with Gasteiger partial charge in [-0.2, -0.15) is 0 Å². The molecule has 0 saturated carbocycles. The highest BCUT2D eigenvalue weighted by Gasteiger charge is 1.98. The van der Waals surface area contributed by atoms with Gasteiger partial charge in [-0.05, 0) is 6.42 Å². The molecule has 0 saturated heterocycles. The summed E-state index contributed by atoms with van der Waals surface area (Å²) >= 11 is 4.73. The summed E-state index contributed by atoms with van der Waals surface area (Å²) in [5.41, 5.74) is 6.24. The first-order valence-corrected chi connectivity index (χ1v) is 3.21. The van der Waals surface area contributed by atoms with Crippen molar-refractivity contribution in [1.82, 2.24) is 0 Å². The van der Waals surface area contributed by atoms with Crippen LogP contribution in [0.15, 0.2) is 16.6 Å². The molecule has 3 heteroatoms. The van der Waals surface area contributed by atoms with Crippen LogP contribution >= 0.6 is 12.2 Å². The minimum Gasteiger partial charge on any atom is -0.389 e. The Morgan fingerprint density at radius 3 is 2.89 bits per heavy atom. The van der Waals surface area contributed by atoms with E-state index in [9.17, 15) is 0 Å². The van der Waals surface area contributed by atoms with E-state index < -0.39 is 0 Å². The van der Waals surface area contributed by atoms with E-state index in [0.29, 0.717) is 4.99 Å². The Bertz CT molecular complexity index is 181. The lowest BCUT2D eigenvalue weighted by Gasteiger charge is -2.01. The standard InChI is InChI=1S/C6H8N2S/c7-6(9)5-2-1-3-8-4-5/h2,4H,1,3H2,(H2,7,9). The Labute approximate surface area is 59.5 Å². The van der Waals surface area contributed by atoms with E-state index in [1.165, 1.54) is 0 Å². The monoisotopic (exact) mass is 140 g/mol. The molecule has 0 radical (unpaired) electrons. The molecule has 9 heavy (non-hydrogen) atoms. The molecule has 0 aromatic carbocycles. The average Bonchev–Trinajstić information content (AvgIpc) is 1.90. The first kappa shape index (κ1) is 6.42. The first-order valence-electron chi connectivity index (χ1n) is 2.80. The highest BCUT2D eigenvalue weighted by Crippen LogP contribution is 1.99. The van der Waals surface area contributed by atoms with Crippen molar-refractivity contribution in [2.75, 3.05) is 6.54 Å². The van der Waals surface area contributed by atoms with Gasteiger partial charge in [-0.1, -0.05) is 18.3 Å². The van der Waals surface area contributed by atoms with Gasteiger partial charge in [0.25, 0.3) is 0 Å². The largest absolute Gasteiger partial charge is 0.389 e. The van der Waals surface area contributed by atoms with Crippen LogP contribution in [-0.4, -0.2) is 17.7 Å². The maximum Gasteiger partial charge on any atom is 0.105 e. The number of dihydropyridines is 1. The van der Waals surface area contributed by atoms with E-state index in [0.717, 1.165) is 18.5 Å². The summed E-state index contributed by atoms with van der Waals surface area (Å²) in [5, 5.41) is 0. The zero-order valence-corrected chi connectivity index (χ0v) is 5.82.